The Morgan fingerprint density at radius 3 is 2.14 bits per heavy atom. The molecule has 0 aromatic heterocycles. The second-order valence-electron chi connectivity index (χ2n) is 13.0. The molecular weight excluding hydrogens is 586 g/mol. The van der Waals surface area contributed by atoms with Crippen LogP contribution in [-0.4, -0.2) is 178 Å². The number of likely N-dealkylation sites (N-methyl/N-ethyl adjacent to an activating group) is 1. The van der Waals surface area contributed by atoms with Crippen LogP contribution in [-0.2, 0) is 18.9 Å². The van der Waals surface area contributed by atoms with Crippen molar-refractivity contribution >= 4 is 0 Å². The quantitative estimate of drug-likeness (QED) is 0.0891. The molecule has 17 nitrogen and oxygen atoms in total. The van der Waals surface area contributed by atoms with E-state index in [-0.39, 0.29) is 25.6 Å². The number of hydrogen-bond acceptors (Lipinski definition) is 17. The fraction of sp³-hybridized carbons (Fsp3) is 1.00. The molecule has 2 heterocycles. The monoisotopic (exact) mass is 639 g/mol. The minimum absolute atomic E-state index is 0.0847. The summed E-state index contributed by atoms with van der Waals surface area (Å²) in [7, 11) is 1.56. The van der Waals surface area contributed by atoms with Crippen molar-refractivity contribution in [1.82, 2.24) is 16.0 Å². The molecule has 0 aromatic carbocycles. The lowest BCUT2D eigenvalue weighted by Gasteiger charge is -2.50. The van der Waals surface area contributed by atoms with Crippen LogP contribution in [0.5, 0.6) is 0 Å². The van der Waals surface area contributed by atoms with Crippen molar-refractivity contribution in [2.45, 2.75) is 123 Å². The van der Waals surface area contributed by atoms with E-state index in [1.165, 1.54) is 6.92 Å². The lowest BCUT2D eigenvalue weighted by molar-refractivity contribution is -0.331. The Kier molecular flexibility index (Phi) is 12.7. The summed E-state index contributed by atoms with van der Waals surface area (Å²) in [4.78, 5) is 0. The molecule has 0 aromatic rings. The maximum absolute atomic E-state index is 11.6. The maximum atomic E-state index is 11.6. The molecular formula is C27H53N5O12. The van der Waals surface area contributed by atoms with Crippen molar-refractivity contribution in [2.24, 2.45) is 17.4 Å². The molecule has 44 heavy (non-hydrogen) atoms. The number of rotatable bonds is 13. The van der Waals surface area contributed by atoms with Gasteiger partial charge in [-0.25, -0.2) is 0 Å². The fourth-order valence-corrected chi connectivity index (χ4v) is 6.68. The van der Waals surface area contributed by atoms with Crippen LogP contribution in [0.1, 0.15) is 26.2 Å². The van der Waals surface area contributed by atoms with Crippen molar-refractivity contribution in [1.29, 1.82) is 0 Å². The standard InChI is InChI=1S/C27H53N5O12/c1-27(40)10-41-25(21(39)24(27)30-2)44-23-15(32-13(8-33)9-34)5-14(29)22(20(23)38)43-26-19(37)18(36)17(35)16(42-26)7-31-6-11-3-12(28)4-11/h11-26,30-40H,3-10,28-29H2,1-2H3/t11?,12?,14-,15+,16+,17+,18-,19+,20-,21+,22?,23-,24+,25+,26+,27-/m0/s1. The maximum Gasteiger partial charge on any atom is 0.187 e. The molecule has 0 spiro atoms. The summed E-state index contributed by atoms with van der Waals surface area (Å²) in [5, 5.41) is 93.4. The van der Waals surface area contributed by atoms with Crippen LogP contribution in [0.2, 0.25) is 0 Å². The summed E-state index contributed by atoms with van der Waals surface area (Å²) in [6.07, 6.45) is -11.9. The molecule has 4 rings (SSSR count). The van der Waals surface area contributed by atoms with Gasteiger partial charge in [0.05, 0.1) is 31.9 Å². The predicted molar refractivity (Wildman–Crippen MR) is 153 cm³/mol. The Labute approximate surface area is 256 Å². The van der Waals surface area contributed by atoms with Gasteiger partial charge in [-0.3, -0.25) is 0 Å². The zero-order valence-corrected chi connectivity index (χ0v) is 25.3. The first kappa shape index (κ1) is 36.2. The molecule has 4 fully saturated rings. The molecule has 2 saturated carbocycles. The van der Waals surface area contributed by atoms with Gasteiger partial charge in [-0.2, -0.15) is 0 Å². The summed E-state index contributed by atoms with van der Waals surface area (Å²) in [5.41, 5.74) is 10.8. The van der Waals surface area contributed by atoms with E-state index in [1.807, 2.05) is 0 Å². The van der Waals surface area contributed by atoms with E-state index in [9.17, 15) is 40.9 Å². The molecule has 0 bridgehead atoms. The Morgan fingerprint density at radius 1 is 0.864 bits per heavy atom. The van der Waals surface area contributed by atoms with Crippen LogP contribution < -0.4 is 27.4 Å². The first-order valence-corrected chi connectivity index (χ1v) is 15.4. The highest BCUT2D eigenvalue weighted by atomic mass is 16.7. The van der Waals surface area contributed by atoms with E-state index in [2.05, 4.69) is 16.0 Å². The van der Waals surface area contributed by atoms with E-state index in [1.54, 1.807) is 7.05 Å². The SMILES string of the molecule is CN[C@@H]1[C@@H](O)[C@@H](O[C@H]2[C@H](NC(CO)CO)C[C@H](N)C(O[C@H]3O[C@H](CNCC4CC(N)C4)[C@@H](O)[C@H](O)[C@H]3O)[C@@H]2O)OC[C@]1(C)O. The summed E-state index contributed by atoms with van der Waals surface area (Å²) < 4.78 is 23.6. The highest BCUT2D eigenvalue weighted by Gasteiger charge is 2.53. The van der Waals surface area contributed by atoms with E-state index < -0.39 is 104 Å². The normalized spacial score (nSPS) is 48.3. The van der Waals surface area contributed by atoms with Crippen molar-refractivity contribution in [3.63, 3.8) is 0 Å². The second-order valence-corrected chi connectivity index (χ2v) is 13.0. The number of ether oxygens (including phenoxy) is 4. The highest BCUT2D eigenvalue weighted by Crippen LogP contribution is 2.33. The third-order valence-corrected chi connectivity index (χ3v) is 9.35. The molecule has 2 aliphatic heterocycles. The number of hydrogen-bond donors (Lipinski definition) is 13. The number of aliphatic hydroxyl groups excluding tert-OH is 7. The molecule has 0 radical (unpaired) electrons. The third kappa shape index (κ3) is 8.06. The van der Waals surface area contributed by atoms with E-state index in [0.717, 1.165) is 12.8 Å². The summed E-state index contributed by atoms with van der Waals surface area (Å²) in [6.45, 7) is 1.25. The number of aliphatic hydroxyl groups is 8. The Morgan fingerprint density at radius 2 is 1.52 bits per heavy atom. The number of nitrogens with one attached hydrogen (secondary N) is 3. The Hall–Kier alpha value is -0.680. The fourth-order valence-electron chi connectivity index (χ4n) is 6.68. The van der Waals surface area contributed by atoms with E-state index in [4.69, 9.17) is 30.4 Å². The van der Waals surface area contributed by atoms with Crippen LogP contribution in [0.15, 0.2) is 0 Å². The zero-order valence-electron chi connectivity index (χ0n) is 25.3. The van der Waals surface area contributed by atoms with Gasteiger partial charge in [0.1, 0.15) is 54.4 Å². The van der Waals surface area contributed by atoms with Gasteiger partial charge in [0.2, 0.25) is 0 Å². The van der Waals surface area contributed by atoms with Crippen molar-refractivity contribution in [2.75, 3.05) is 40.0 Å². The van der Waals surface area contributed by atoms with Crippen LogP contribution in [0.3, 0.4) is 0 Å². The summed E-state index contributed by atoms with van der Waals surface area (Å²) in [5.74, 6) is 0.402. The van der Waals surface area contributed by atoms with Gasteiger partial charge in [-0.05, 0) is 45.7 Å². The number of nitrogens with two attached hydrogens (primary N) is 2. The molecule has 17 heteroatoms. The van der Waals surface area contributed by atoms with Gasteiger partial charge in [-0.15, -0.1) is 0 Å². The molecule has 2 aliphatic carbocycles. The third-order valence-electron chi connectivity index (χ3n) is 9.35. The molecule has 15 N–H and O–H groups in total. The minimum atomic E-state index is -1.67. The van der Waals surface area contributed by atoms with Gasteiger partial charge < -0.3 is 87.2 Å². The van der Waals surface area contributed by atoms with E-state index >= 15 is 0 Å². The summed E-state index contributed by atoms with van der Waals surface area (Å²) in [6, 6.07) is -3.09. The molecule has 2 saturated heterocycles. The zero-order chi connectivity index (χ0) is 32.3. The van der Waals surface area contributed by atoms with Crippen LogP contribution in [0.25, 0.3) is 0 Å². The van der Waals surface area contributed by atoms with Gasteiger partial charge in [0, 0.05) is 24.7 Å². The first-order valence-electron chi connectivity index (χ1n) is 15.4. The lowest BCUT2D eigenvalue weighted by Crippen LogP contribution is -2.70. The average Bonchev–Trinajstić information content (AvgIpc) is 2.96. The van der Waals surface area contributed by atoms with Crippen molar-refractivity contribution in [3.8, 4) is 0 Å². The average molecular weight is 640 g/mol. The van der Waals surface area contributed by atoms with Gasteiger partial charge in [0.15, 0.2) is 12.6 Å². The van der Waals surface area contributed by atoms with Crippen LogP contribution >= 0.6 is 0 Å². The first-order chi connectivity index (χ1) is 20.8. The van der Waals surface area contributed by atoms with Crippen LogP contribution in [0.4, 0.5) is 0 Å². The second kappa shape index (κ2) is 15.5. The Bertz CT molecular complexity index is 886. The minimum Gasteiger partial charge on any atom is -0.395 e. The van der Waals surface area contributed by atoms with Gasteiger partial charge >= 0.3 is 0 Å². The van der Waals surface area contributed by atoms with Crippen molar-refractivity contribution < 1.29 is 59.8 Å². The Balaban J connectivity index is 1.47. The van der Waals surface area contributed by atoms with Crippen LogP contribution in [0, 0.1) is 5.92 Å². The largest absolute Gasteiger partial charge is 0.395 e. The lowest BCUT2D eigenvalue weighted by atomic mass is 9.81. The van der Waals surface area contributed by atoms with Crippen molar-refractivity contribution in [3.05, 3.63) is 0 Å². The van der Waals surface area contributed by atoms with Gasteiger partial charge in [-0.1, -0.05) is 0 Å². The van der Waals surface area contributed by atoms with Gasteiger partial charge in [0.25, 0.3) is 0 Å². The predicted octanol–water partition coefficient (Wildman–Crippen LogP) is -6.65. The smallest absolute Gasteiger partial charge is 0.187 e. The molecule has 258 valence electrons. The molecule has 4 aliphatic rings. The molecule has 1 unspecified atom stereocenters. The molecule has 0 amide bonds. The summed E-state index contributed by atoms with van der Waals surface area (Å²) >= 11 is 0. The topological polar surface area (TPSA) is 287 Å². The highest BCUT2D eigenvalue weighted by molar-refractivity contribution is 5.04. The van der Waals surface area contributed by atoms with E-state index in [0.29, 0.717) is 12.5 Å². The molecule has 14 atom stereocenters.